The van der Waals surface area contributed by atoms with E-state index >= 15 is 0 Å². The number of unbranched alkanes of at least 4 members (excludes halogenated alkanes) is 20. The van der Waals surface area contributed by atoms with Crippen molar-refractivity contribution in [1.29, 1.82) is 0 Å². The van der Waals surface area contributed by atoms with E-state index in [1.165, 1.54) is 141 Å². The van der Waals surface area contributed by atoms with Gasteiger partial charge in [0.2, 0.25) is 0 Å². The molecule has 0 radical (unpaired) electrons. The zero-order valence-electron chi connectivity index (χ0n) is 18.2. The van der Waals surface area contributed by atoms with Gasteiger partial charge in [0.25, 0.3) is 0 Å². The molecule has 0 aliphatic heterocycles. The van der Waals surface area contributed by atoms with Gasteiger partial charge in [0, 0.05) is 0 Å². The minimum atomic E-state index is 1.27. The molecule has 0 aromatic carbocycles. The first-order valence-electron chi connectivity index (χ1n) is 12.1. The Morgan fingerprint density at radius 1 is 0.462 bits per heavy atom. The summed E-state index contributed by atoms with van der Waals surface area (Å²) >= 11 is 1.86. The molecule has 0 aromatic rings. The number of rotatable bonds is 23. The molecule has 0 saturated carbocycles. The van der Waals surface area contributed by atoms with Crippen LogP contribution in [0.2, 0.25) is 0 Å². The van der Waals surface area contributed by atoms with Crippen molar-refractivity contribution in [1.82, 2.24) is 0 Å². The van der Waals surface area contributed by atoms with Gasteiger partial charge in [-0.2, -0.15) is 0 Å². The van der Waals surface area contributed by atoms with E-state index in [2.05, 4.69) is 13.5 Å². The van der Waals surface area contributed by atoms with Crippen molar-refractivity contribution in [3.63, 3.8) is 0 Å². The monoisotopic (exact) mass is 382 g/mol. The summed E-state index contributed by atoms with van der Waals surface area (Å²) in [5.41, 5.74) is 0. The minimum Gasteiger partial charge on any atom is -0.135 e. The highest BCUT2D eigenvalue weighted by atomic mass is 32.2. The highest BCUT2D eigenvalue weighted by Gasteiger charge is 1.95. The predicted octanol–water partition coefficient (Wildman–Crippen LogP) is 10.1. The Balaban J connectivity index is 2.96. The van der Waals surface area contributed by atoms with Crippen molar-refractivity contribution >= 4 is 11.8 Å². The minimum absolute atomic E-state index is 1.27. The fourth-order valence-corrected chi connectivity index (χ4v) is 4.24. The zero-order chi connectivity index (χ0) is 19.0. The summed E-state index contributed by atoms with van der Waals surface area (Å²) in [4.78, 5) is 0. The summed E-state index contributed by atoms with van der Waals surface area (Å²) in [5.74, 6) is 1.27. The molecule has 1 heteroatoms. The summed E-state index contributed by atoms with van der Waals surface area (Å²) in [6.45, 7) is 6.05. The summed E-state index contributed by atoms with van der Waals surface area (Å²) in [7, 11) is 0. The quantitative estimate of drug-likeness (QED) is 0.158. The van der Waals surface area contributed by atoms with E-state index in [1.807, 2.05) is 17.2 Å². The molecule has 0 unspecified atom stereocenters. The maximum absolute atomic E-state index is 3.75. The second kappa shape index (κ2) is 25.1. The maximum Gasteiger partial charge on any atom is -0.00262 e. The molecule has 0 rings (SSSR count). The molecule has 156 valence electrons. The number of hydrogen-bond donors (Lipinski definition) is 0. The molecule has 0 fully saturated rings. The Kier molecular flexibility index (Phi) is 25.2. The molecule has 0 spiro atoms. The standard InChI is InChI=1S/C25H50S/c1-3-5-6-7-8-9-10-11-12-13-14-15-16-17-18-19-20-21-22-23-24-25-26-4-2/h4H,2-3,5-25H2,1H3. The number of thioether (sulfide) groups is 1. The fraction of sp³-hybridized carbons (Fsp3) is 0.920. The van der Waals surface area contributed by atoms with Crippen LogP contribution >= 0.6 is 11.8 Å². The second-order valence-corrected chi connectivity index (χ2v) is 9.18. The third kappa shape index (κ3) is 24.1. The molecular formula is C25H50S. The van der Waals surface area contributed by atoms with Crippen molar-refractivity contribution in [3.05, 3.63) is 12.0 Å². The first-order valence-corrected chi connectivity index (χ1v) is 13.2. The average Bonchev–Trinajstić information content (AvgIpc) is 2.66. The smallest absolute Gasteiger partial charge is 0.00262 e. The van der Waals surface area contributed by atoms with Gasteiger partial charge in [-0.25, -0.2) is 0 Å². The second-order valence-electron chi connectivity index (χ2n) is 8.11. The van der Waals surface area contributed by atoms with Crippen molar-refractivity contribution in [2.24, 2.45) is 0 Å². The number of hydrogen-bond acceptors (Lipinski definition) is 1. The molecule has 0 aromatic heterocycles. The van der Waals surface area contributed by atoms with Gasteiger partial charge in [0.1, 0.15) is 0 Å². The van der Waals surface area contributed by atoms with Gasteiger partial charge in [-0.3, -0.25) is 0 Å². The van der Waals surface area contributed by atoms with Gasteiger partial charge in [0.05, 0.1) is 0 Å². The van der Waals surface area contributed by atoms with E-state index in [4.69, 9.17) is 0 Å². The Morgan fingerprint density at radius 2 is 0.731 bits per heavy atom. The Bertz CT molecular complexity index is 249. The van der Waals surface area contributed by atoms with Gasteiger partial charge in [-0.05, 0) is 17.6 Å². The van der Waals surface area contributed by atoms with Crippen LogP contribution in [0, 0.1) is 0 Å². The molecule has 0 atom stereocenters. The lowest BCUT2D eigenvalue weighted by Gasteiger charge is -2.04. The molecule has 0 heterocycles. The van der Waals surface area contributed by atoms with Crippen molar-refractivity contribution in [3.8, 4) is 0 Å². The first-order chi connectivity index (χ1) is 12.9. The van der Waals surface area contributed by atoms with E-state index in [0.29, 0.717) is 0 Å². The third-order valence-electron chi connectivity index (χ3n) is 5.48. The summed E-state index contributed by atoms with van der Waals surface area (Å²) in [6, 6.07) is 0. The van der Waals surface area contributed by atoms with E-state index in [9.17, 15) is 0 Å². The van der Waals surface area contributed by atoms with Crippen molar-refractivity contribution in [2.45, 2.75) is 142 Å². The van der Waals surface area contributed by atoms with Crippen molar-refractivity contribution in [2.75, 3.05) is 5.75 Å². The molecular weight excluding hydrogens is 332 g/mol. The fourth-order valence-electron chi connectivity index (χ4n) is 3.70. The summed E-state index contributed by atoms with van der Waals surface area (Å²) in [5, 5.41) is 1.97. The lowest BCUT2D eigenvalue weighted by Crippen LogP contribution is -1.84. The van der Waals surface area contributed by atoms with Crippen molar-refractivity contribution < 1.29 is 0 Å². The SMILES string of the molecule is C=CSCCCCCCCCCCCCCCCCCCCCCCC. The summed E-state index contributed by atoms with van der Waals surface area (Å²) < 4.78 is 0. The molecule has 0 N–H and O–H groups in total. The topological polar surface area (TPSA) is 0 Å². The lowest BCUT2D eigenvalue weighted by molar-refractivity contribution is 0.521. The summed E-state index contributed by atoms with van der Waals surface area (Å²) in [6.07, 6.45) is 30.7. The Hall–Kier alpha value is 0.0900. The molecule has 0 saturated heterocycles. The Morgan fingerprint density at radius 3 is 1.00 bits per heavy atom. The first kappa shape index (κ1) is 26.1. The van der Waals surface area contributed by atoms with Crippen LogP contribution in [0.3, 0.4) is 0 Å². The van der Waals surface area contributed by atoms with Gasteiger partial charge < -0.3 is 0 Å². The van der Waals surface area contributed by atoms with Gasteiger partial charge in [0.15, 0.2) is 0 Å². The molecule has 0 aliphatic carbocycles. The van der Waals surface area contributed by atoms with Crippen LogP contribution in [0.25, 0.3) is 0 Å². The van der Waals surface area contributed by atoms with E-state index in [-0.39, 0.29) is 0 Å². The van der Waals surface area contributed by atoms with Gasteiger partial charge >= 0.3 is 0 Å². The molecule has 0 bridgehead atoms. The Labute approximate surface area is 171 Å². The zero-order valence-corrected chi connectivity index (χ0v) is 19.1. The molecule has 26 heavy (non-hydrogen) atoms. The average molecular weight is 383 g/mol. The van der Waals surface area contributed by atoms with E-state index in [0.717, 1.165) is 0 Å². The van der Waals surface area contributed by atoms with Crippen LogP contribution in [-0.4, -0.2) is 5.75 Å². The lowest BCUT2D eigenvalue weighted by atomic mass is 10.0. The van der Waals surface area contributed by atoms with Crippen LogP contribution in [0.15, 0.2) is 12.0 Å². The highest BCUT2D eigenvalue weighted by molar-refractivity contribution is 8.02. The predicted molar refractivity (Wildman–Crippen MR) is 125 cm³/mol. The molecule has 0 nitrogen and oxygen atoms in total. The maximum atomic E-state index is 3.75. The molecule has 0 amide bonds. The van der Waals surface area contributed by atoms with Crippen LogP contribution in [0.4, 0.5) is 0 Å². The largest absolute Gasteiger partial charge is 0.135 e. The third-order valence-corrected chi connectivity index (χ3v) is 6.24. The van der Waals surface area contributed by atoms with E-state index < -0.39 is 0 Å². The van der Waals surface area contributed by atoms with Gasteiger partial charge in [-0.1, -0.05) is 142 Å². The van der Waals surface area contributed by atoms with Crippen LogP contribution in [-0.2, 0) is 0 Å². The van der Waals surface area contributed by atoms with Gasteiger partial charge in [-0.15, -0.1) is 11.8 Å². The molecule has 0 aliphatic rings. The van der Waals surface area contributed by atoms with Crippen LogP contribution < -0.4 is 0 Å². The highest BCUT2D eigenvalue weighted by Crippen LogP contribution is 2.15. The van der Waals surface area contributed by atoms with E-state index in [1.54, 1.807) is 0 Å². The van der Waals surface area contributed by atoms with Crippen LogP contribution in [0.1, 0.15) is 142 Å². The van der Waals surface area contributed by atoms with Crippen LogP contribution in [0.5, 0.6) is 0 Å². The normalized spacial score (nSPS) is 11.1.